The van der Waals surface area contributed by atoms with Gasteiger partial charge in [0.2, 0.25) is 0 Å². The summed E-state index contributed by atoms with van der Waals surface area (Å²) in [6.07, 6.45) is 0. The molecule has 0 amide bonds. The number of hydrogen-bond donors (Lipinski definition) is 0. The summed E-state index contributed by atoms with van der Waals surface area (Å²) in [5.74, 6) is 0. The van der Waals surface area contributed by atoms with Crippen molar-refractivity contribution in [2.75, 3.05) is 0 Å². The maximum Gasteiger partial charge on any atom is 0.0562 e. The van der Waals surface area contributed by atoms with Crippen molar-refractivity contribution in [1.82, 2.24) is 9.13 Å². The van der Waals surface area contributed by atoms with E-state index in [0.717, 1.165) is 22.4 Å². The summed E-state index contributed by atoms with van der Waals surface area (Å²) in [6, 6.07) is 118. The van der Waals surface area contributed by atoms with Crippen LogP contribution in [0.25, 0.3) is 66.1 Å². The maximum atomic E-state index is 2.55. The van der Waals surface area contributed by atoms with Gasteiger partial charge in [-0.15, -0.1) is 20.1 Å². The van der Waals surface area contributed by atoms with Gasteiger partial charge in [-0.3, -0.25) is 0 Å². The lowest BCUT2D eigenvalue weighted by molar-refractivity contribution is 1.14. The van der Waals surface area contributed by atoms with Crippen molar-refractivity contribution in [2.45, 2.75) is 39.2 Å². The van der Waals surface area contributed by atoms with E-state index in [9.17, 15) is 0 Å². The number of rotatable bonds is 11. The quantitative estimate of drug-likeness (QED) is 0.122. The Kier molecular flexibility index (Phi) is 11.4. The standard InChI is InChI=1S/C72H52N2S2/c1-7-27-53(28-8-1)54-29-23-41-61(51-54)75(56-31-9-2-10-32-56,57-33-11-3-12-34-57)62-42-24-30-55(52-62)73-65-45-21-19-43-63(65)71-67(73)47-25-48-68(71)74-66-46-22-20-44-64(66)72-69(74)49-26-50-70(72)76(58-35-13-4-14-36-58,59-37-15-5-16-38-59)60-39-17-6-18-40-60/h1-52H. The third-order valence-electron chi connectivity index (χ3n) is 15.1. The summed E-state index contributed by atoms with van der Waals surface area (Å²) in [7, 11) is -4.06. The predicted octanol–water partition coefficient (Wildman–Crippen LogP) is 20.2. The Morgan fingerprint density at radius 1 is 0.224 bits per heavy atom. The Labute approximate surface area is 447 Å². The Bertz CT molecular complexity index is 4240. The van der Waals surface area contributed by atoms with E-state index in [1.807, 2.05) is 0 Å². The van der Waals surface area contributed by atoms with Crippen LogP contribution in [0.4, 0.5) is 0 Å². The molecular weight excluding hydrogens is 957 g/mol. The fraction of sp³-hybridized carbons (Fsp3) is 0. The normalized spacial score (nSPS) is 12.4. The third kappa shape index (κ3) is 7.13. The summed E-state index contributed by atoms with van der Waals surface area (Å²) in [5, 5.41) is 4.93. The smallest absolute Gasteiger partial charge is 0.0562 e. The second-order valence-electron chi connectivity index (χ2n) is 19.2. The minimum Gasteiger partial charge on any atom is -0.309 e. The predicted molar refractivity (Wildman–Crippen MR) is 321 cm³/mol. The van der Waals surface area contributed by atoms with E-state index in [1.165, 1.54) is 82.9 Å². The van der Waals surface area contributed by atoms with Crippen LogP contribution in [0.15, 0.2) is 355 Å². The number of aromatic nitrogens is 2. The summed E-state index contributed by atoms with van der Waals surface area (Å²) >= 11 is 0. The van der Waals surface area contributed by atoms with Crippen LogP contribution in [0.3, 0.4) is 0 Å². The highest BCUT2D eigenvalue weighted by Crippen LogP contribution is 2.76. The van der Waals surface area contributed by atoms with Crippen molar-refractivity contribution in [3.05, 3.63) is 315 Å². The second kappa shape index (κ2) is 19.0. The molecule has 0 saturated carbocycles. The van der Waals surface area contributed by atoms with Crippen LogP contribution in [-0.2, 0) is 0 Å². The first-order chi connectivity index (χ1) is 37.7. The number of benzene rings is 12. The lowest BCUT2D eigenvalue weighted by Gasteiger charge is -2.42. The first-order valence-corrected chi connectivity index (χ1v) is 29.2. The number of nitrogens with zero attached hydrogens (tertiary/aromatic N) is 2. The van der Waals surface area contributed by atoms with Crippen LogP contribution in [-0.4, -0.2) is 9.13 Å². The average molecular weight is 1010 g/mol. The van der Waals surface area contributed by atoms with E-state index in [1.54, 1.807) is 0 Å². The molecule has 0 saturated heterocycles. The number of fused-ring (bicyclic) bond motifs is 6. The highest BCUT2D eigenvalue weighted by Gasteiger charge is 2.37. The fourth-order valence-electron chi connectivity index (χ4n) is 12.0. The van der Waals surface area contributed by atoms with E-state index in [2.05, 4.69) is 325 Å². The Morgan fingerprint density at radius 3 is 1.14 bits per heavy atom. The van der Waals surface area contributed by atoms with Crippen LogP contribution in [0.2, 0.25) is 0 Å². The number of para-hydroxylation sites is 2. The van der Waals surface area contributed by atoms with E-state index < -0.39 is 20.1 Å². The lowest BCUT2D eigenvalue weighted by Crippen LogP contribution is -2.06. The molecule has 362 valence electrons. The molecule has 2 nitrogen and oxygen atoms in total. The molecule has 2 aromatic heterocycles. The Balaban J connectivity index is 1.03. The molecule has 0 bridgehead atoms. The van der Waals surface area contributed by atoms with Gasteiger partial charge in [0.05, 0.1) is 27.8 Å². The lowest BCUT2D eigenvalue weighted by atomic mass is 10.1. The second-order valence-corrected chi connectivity index (χ2v) is 25.4. The van der Waals surface area contributed by atoms with Crippen LogP contribution in [0.1, 0.15) is 0 Å². The summed E-state index contributed by atoms with van der Waals surface area (Å²) in [6.45, 7) is 0. The van der Waals surface area contributed by atoms with Crippen molar-refractivity contribution in [3.8, 4) is 22.5 Å². The topological polar surface area (TPSA) is 9.86 Å². The Morgan fingerprint density at radius 2 is 0.592 bits per heavy atom. The zero-order chi connectivity index (χ0) is 50.5. The number of hydrogen-bond acceptors (Lipinski definition) is 0. The zero-order valence-corrected chi connectivity index (χ0v) is 43.4. The van der Waals surface area contributed by atoms with Gasteiger partial charge in [0.25, 0.3) is 0 Å². The van der Waals surface area contributed by atoms with Gasteiger partial charge in [-0.2, -0.15) is 0 Å². The molecule has 0 aliphatic heterocycles. The molecular formula is C72H52N2S2. The fourth-order valence-corrected chi connectivity index (χ4v) is 20.0. The van der Waals surface area contributed by atoms with Crippen molar-refractivity contribution in [3.63, 3.8) is 0 Å². The molecule has 14 rings (SSSR count). The van der Waals surface area contributed by atoms with Gasteiger partial charge in [-0.05, 0) is 139 Å². The van der Waals surface area contributed by atoms with Gasteiger partial charge in [0.1, 0.15) is 0 Å². The SMILES string of the molecule is c1ccc(-c2cccc(S(c3ccccc3)(c3ccccc3)c3cccc(-n4c5ccccc5c5c(-n6c7ccccc7c7c(S(c8ccccc8)(c8ccccc8)c8ccccc8)cccc76)cccc54)c3)c2)cc1. The van der Waals surface area contributed by atoms with Crippen molar-refractivity contribution in [2.24, 2.45) is 0 Å². The summed E-state index contributed by atoms with van der Waals surface area (Å²) < 4.78 is 5.06. The average Bonchev–Trinajstić information content (AvgIpc) is 4.18. The Hall–Kier alpha value is -9.06. The highest BCUT2D eigenvalue weighted by molar-refractivity contribution is 8.34. The van der Waals surface area contributed by atoms with E-state index in [-0.39, 0.29) is 0 Å². The molecule has 0 atom stereocenters. The minimum absolute atomic E-state index is 1.12. The maximum absolute atomic E-state index is 2.55. The molecule has 0 aliphatic rings. The molecule has 0 spiro atoms. The molecule has 76 heavy (non-hydrogen) atoms. The van der Waals surface area contributed by atoms with E-state index in [0.29, 0.717) is 0 Å². The van der Waals surface area contributed by atoms with Gasteiger partial charge >= 0.3 is 0 Å². The minimum atomic E-state index is -2.05. The highest BCUT2D eigenvalue weighted by atomic mass is 32.3. The summed E-state index contributed by atoms with van der Waals surface area (Å²) in [4.78, 5) is 10.4. The van der Waals surface area contributed by atoms with Crippen LogP contribution >= 0.6 is 20.1 Å². The van der Waals surface area contributed by atoms with Crippen molar-refractivity contribution in [1.29, 1.82) is 0 Å². The molecule has 0 radical (unpaired) electrons. The molecule has 4 heteroatoms. The first-order valence-electron chi connectivity index (χ1n) is 26.0. The van der Waals surface area contributed by atoms with Gasteiger partial charge < -0.3 is 9.13 Å². The molecule has 0 N–H and O–H groups in total. The van der Waals surface area contributed by atoms with Crippen LogP contribution in [0, 0.1) is 0 Å². The first kappa shape index (κ1) is 45.5. The van der Waals surface area contributed by atoms with Crippen molar-refractivity contribution >= 4 is 63.7 Å². The molecule has 14 aromatic rings. The van der Waals surface area contributed by atoms with Gasteiger partial charge in [0, 0.05) is 66.4 Å². The van der Waals surface area contributed by atoms with Crippen LogP contribution in [0.5, 0.6) is 0 Å². The molecule has 0 fully saturated rings. The summed E-state index contributed by atoms with van der Waals surface area (Å²) in [5.41, 5.74) is 9.36. The molecule has 0 aliphatic carbocycles. The zero-order valence-electron chi connectivity index (χ0n) is 41.7. The van der Waals surface area contributed by atoms with Crippen molar-refractivity contribution < 1.29 is 0 Å². The van der Waals surface area contributed by atoms with E-state index >= 15 is 0 Å². The van der Waals surface area contributed by atoms with E-state index in [4.69, 9.17) is 0 Å². The van der Waals surface area contributed by atoms with Crippen LogP contribution < -0.4 is 0 Å². The molecule has 0 unspecified atom stereocenters. The molecule has 2 heterocycles. The monoisotopic (exact) mass is 1010 g/mol. The largest absolute Gasteiger partial charge is 0.309 e. The molecule has 12 aromatic carbocycles. The van der Waals surface area contributed by atoms with Gasteiger partial charge in [0.15, 0.2) is 0 Å². The van der Waals surface area contributed by atoms with Gasteiger partial charge in [-0.1, -0.05) is 188 Å². The van der Waals surface area contributed by atoms with Gasteiger partial charge in [-0.25, -0.2) is 0 Å². The third-order valence-corrected chi connectivity index (χ3v) is 22.9.